The van der Waals surface area contributed by atoms with Gasteiger partial charge in [-0.25, -0.2) is 4.98 Å². The number of thiophene rings is 1. The highest BCUT2D eigenvalue weighted by Crippen LogP contribution is 2.59. The first-order valence-electron chi connectivity index (χ1n) is 20.2. The van der Waals surface area contributed by atoms with Crippen molar-refractivity contribution < 1.29 is 0 Å². The number of benzene rings is 9. The van der Waals surface area contributed by atoms with E-state index in [1.807, 2.05) is 11.3 Å². The molecule has 2 aromatic heterocycles. The van der Waals surface area contributed by atoms with Gasteiger partial charge in [0.05, 0.1) is 28.0 Å². The lowest BCUT2D eigenvalue weighted by Crippen LogP contribution is -2.37. The zero-order chi connectivity index (χ0) is 38.9. The van der Waals surface area contributed by atoms with Crippen molar-refractivity contribution in [3.63, 3.8) is 0 Å². The van der Waals surface area contributed by atoms with Crippen molar-refractivity contribution in [2.75, 3.05) is 4.90 Å². The molecule has 9 aromatic carbocycles. The van der Waals surface area contributed by atoms with E-state index in [9.17, 15) is 0 Å². The van der Waals surface area contributed by atoms with Crippen LogP contribution < -0.4 is 4.90 Å². The Morgan fingerprint density at radius 3 is 1.76 bits per heavy atom. The molecular formula is C56H36N2S. The molecule has 0 saturated carbocycles. The molecule has 11 aromatic rings. The number of nitrogens with zero attached hydrogens (tertiary/aromatic N) is 2. The average Bonchev–Trinajstić information content (AvgIpc) is 3.71. The fraction of sp³-hybridized carbons (Fsp3) is 0.0179. The first-order valence-corrected chi connectivity index (χ1v) is 21.0. The first-order chi connectivity index (χ1) is 29.3. The van der Waals surface area contributed by atoms with Crippen molar-refractivity contribution in [1.29, 1.82) is 0 Å². The average molecular weight is 769 g/mol. The Morgan fingerprint density at radius 2 is 1.02 bits per heavy atom. The summed E-state index contributed by atoms with van der Waals surface area (Å²) in [5.74, 6) is 0. The molecule has 0 bridgehead atoms. The van der Waals surface area contributed by atoms with E-state index in [1.54, 1.807) is 0 Å². The number of aromatic nitrogens is 1. The highest BCUT2D eigenvalue weighted by Gasteiger charge is 2.46. The molecule has 0 radical (unpaired) electrons. The molecular weight excluding hydrogens is 733 g/mol. The van der Waals surface area contributed by atoms with E-state index in [1.165, 1.54) is 70.0 Å². The molecule has 276 valence electrons. The fourth-order valence-corrected chi connectivity index (χ4v) is 11.1. The van der Waals surface area contributed by atoms with Crippen molar-refractivity contribution in [2.45, 2.75) is 5.41 Å². The lowest BCUT2D eigenvalue weighted by molar-refractivity contribution is 0.731. The second-order valence-corrected chi connectivity index (χ2v) is 16.4. The van der Waals surface area contributed by atoms with E-state index >= 15 is 0 Å². The standard InChI is InChI=1S/C56H36N2S/c1-5-19-37(20-6-1)54-45-36-44(55-53(43-28-14-18-32-51(43)59-55)52(45)42-27-13-16-30-48(42)57-54)38-33-34-50-47(35-38)56(39-21-7-2-8-22-39,40-23-9-3-10-24-40)46-29-15-17-31-49(46)58(50)41-25-11-4-12-26-41/h1-36H. The van der Waals surface area contributed by atoms with Gasteiger partial charge in [-0.1, -0.05) is 170 Å². The van der Waals surface area contributed by atoms with Crippen molar-refractivity contribution in [3.05, 3.63) is 241 Å². The summed E-state index contributed by atoms with van der Waals surface area (Å²) in [7, 11) is 0. The van der Waals surface area contributed by atoms with Gasteiger partial charge >= 0.3 is 0 Å². The molecule has 12 rings (SSSR count). The minimum Gasteiger partial charge on any atom is -0.310 e. The van der Waals surface area contributed by atoms with Gasteiger partial charge in [0.1, 0.15) is 0 Å². The first kappa shape index (κ1) is 33.8. The van der Waals surface area contributed by atoms with Crippen LogP contribution in [0, 0.1) is 0 Å². The summed E-state index contributed by atoms with van der Waals surface area (Å²) in [6.07, 6.45) is 0. The lowest BCUT2D eigenvalue weighted by atomic mass is 9.62. The molecule has 0 unspecified atom stereocenters. The third kappa shape index (κ3) is 5.02. The molecule has 3 heteroatoms. The molecule has 59 heavy (non-hydrogen) atoms. The molecule has 0 fully saturated rings. The third-order valence-corrected chi connectivity index (χ3v) is 13.5. The summed E-state index contributed by atoms with van der Waals surface area (Å²) in [4.78, 5) is 7.87. The molecule has 0 spiro atoms. The largest absolute Gasteiger partial charge is 0.310 e. The minimum absolute atomic E-state index is 0.612. The Labute approximate surface area is 346 Å². The van der Waals surface area contributed by atoms with Crippen molar-refractivity contribution >= 4 is 70.2 Å². The maximum absolute atomic E-state index is 5.42. The molecule has 3 heterocycles. The Bertz CT molecular complexity index is 3330. The van der Waals surface area contributed by atoms with E-state index in [2.05, 4.69) is 223 Å². The number of hydrogen-bond donors (Lipinski definition) is 0. The maximum Gasteiger partial charge on any atom is 0.0788 e. The second-order valence-electron chi connectivity index (χ2n) is 15.4. The normalized spacial score (nSPS) is 13.2. The number of rotatable bonds is 5. The van der Waals surface area contributed by atoms with Crippen LogP contribution in [-0.2, 0) is 5.41 Å². The van der Waals surface area contributed by atoms with Gasteiger partial charge in [-0.05, 0) is 76.3 Å². The number of anilines is 3. The van der Waals surface area contributed by atoms with Gasteiger partial charge in [0.2, 0.25) is 0 Å². The lowest BCUT2D eigenvalue weighted by Gasteiger charge is -2.46. The zero-order valence-electron chi connectivity index (χ0n) is 32.1. The van der Waals surface area contributed by atoms with Crippen LogP contribution in [-0.4, -0.2) is 4.98 Å². The Morgan fingerprint density at radius 1 is 0.424 bits per heavy atom. The Hall–Kier alpha value is -7.33. The van der Waals surface area contributed by atoms with Crippen LogP contribution in [0.5, 0.6) is 0 Å². The van der Waals surface area contributed by atoms with E-state index in [0.717, 1.165) is 33.5 Å². The van der Waals surface area contributed by atoms with Crippen LogP contribution in [0.4, 0.5) is 17.1 Å². The number of fused-ring (bicyclic) bond motifs is 9. The zero-order valence-corrected chi connectivity index (χ0v) is 32.9. The number of para-hydroxylation sites is 3. The Balaban J connectivity index is 1.25. The van der Waals surface area contributed by atoms with Crippen LogP contribution in [0.2, 0.25) is 0 Å². The van der Waals surface area contributed by atoms with Crippen LogP contribution >= 0.6 is 11.3 Å². The minimum atomic E-state index is -0.612. The van der Waals surface area contributed by atoms with Gasteiger partial charge in [0, 0.05) is 53.1 Å². The summed E-state index contributed by atoms with van der Waals surface area (Å²) in [5, 5.41) is 6.16. The second kappa shape index (κ2) is 13.4. The van der Waals surface area contributed by atoms with Crippen LogP contribution in [0.15, 0.2) is 218 Å². The topological polar surface area (TPSA) is 16.1 Å². The van der Waals surface area contributed by atoms with Crippen LogP contribution in [0.25, 0.3) is 64.2 Å². The number of pyridine rings is 1. The third-order valence-electron chi connectivity index (χ3n) is 12.3. The molecule has 1 aliphatic heterocycles. The van der Waals surface area contributed by atoms with Gasteiger partial charge in [-0.15, -0.1) is 11.3 Å². The number of hydrogen-bond acceptors (Lipinski definition) is 3. The molecule has 0 N–H and O–H groups in total. The molecule has 1 aliphatic rings. The SMILES string of the molecule is c1ccc(-c2nc3ccccc3c3c2cc(-c2ccc4c(c2)C(c2ccccc2)(c2ccccc2)c2ccccc2N4c2ccccc2)c2sc4ccccc4c23)cc1. The molecule has 0 aliphatic carbocycles. The highest BCUT2D eigenvalue weighted by atomic mass is 32.1. The summed E-state index contributed by atoms with van der Waals surface area (Å²) in [5.41, 5.74) is 13.3. The maximum atomic E-state index is 5.42. The molecule has 0 atom stereocenters. The van der Waals surface area contributed by atoms with Crippen molar-refractivity contribution in [2.24, 2.45) is 0 Å². The van der Waals surface area contributed by atoms with Gasteiger partial charge in [0.15, 0.2) is 0 Å². The predicted octanol–water partition coefficient (Wildman–Crippen LogP) is 15.3. The van der Waals surface area contributed by atoms with Crippen LogP contribution in [0.1, 0.15) is 22.3 Å². The summed E-state index contributed by atoms with van der Waals surface area (Å²) in [6.45, 7) is 0. The summed E-state index contributed by atoms with van der Waals surface area (Å²) >= 11 is 1.89. The fourth-order valence-electron chi connectivity index (χ4n) is 9.84. The highest BCUT2D eigenvalue weighted by molar-refractivity contribution is 7.26. The van der Waals surface area contributed by atoms with Gasteiger partial charge in [0.25, 0.3) is 0 Å². The van der Waals surface area contributed by atoms with Crippen LogP contribution in [0.3, 0.4) is 0 Å². The summed E-state index contributed by atoms with van der Waals surface area (Å²) < 4.78 is 2.57. The van der Waals surface area contributed by atoms with Crippen molar-refractivity contribution in [1.82, 2.24) is 4.98 Å². The smallest absolute Gasteiger partial charge is 0.0788 e. The van der Waals surface area contributed by atoms with E-state index in [-0.39, 0.29) is 0 Å². The molecule has 0 amide bonds. The van der Waals surface area contributed by atoms with E-state index in [0.29, 0.717) is 0 Å². The molecule has 2 nitrogen and oxygen atoms in total. The van der Waals surface area contributed by atoms with Gasteiger partial charge in [-0.3, -0.25) is 0 Å². The summed E-state index contributed by atoms with van der Waals surface area (Å²) in [6, 6.07) is 79.9. The predicted molar refractivity (Wildman–Crippen MR) is 250 cm³/mol. The van der Waals surface area contributed by atoms with Gasteiger partial charge < -0.3 is 4.90 Å². The quantitative estimate of drug-likeness (QED) is 0.162. The monoisotopic (exact) mass is 768 g/mol. The Kier molecular flexibility index (Phi) is 7.66. The molecule has 0 saturated heterocycles. The van der Waals surface area contributed by atoms with Gasteiger partial charge in [-0.2, -0.15) is 0 Å². The van der Waals surface area contributed by atoms with E-state index in [4.69, 9.17) is 4.98 Å². The van der Waals surface area contributed by atoms with E-state index < -0.39 is 5.41 Å². The van der Waals surface area contributed by atoms with Crippen molar-refractivity contribution in [3.8, 4) is 22.4 Å².